The first-order valence-corrected chi connectivity index (χ1v) is 5.23. The number of rotatable bonds is 4. The molecule has 0 radical (unpaired) electrons. The number of benzene rings is 1. The zero-order valence-electron chi connectivity index (χ0n) is 9.55. The Morgan fingerprint density at radius 2 is 2.05 bits per heavy atom. The van der Waals surface area contributed by atoms with E-state index in [9.17, 15) is 8.78 Å². The molecule has 5 nitrogen and oxygen atoms in total. The topological polar surface area (TPSA) is 70.8 Å². The van der Waals surface area contributed by atoms with Crippen molar-refractivity contribution in [3.8, 4) is 11.8 Å². The summed E-state index contributed by atoms with van der Waals surface area (Å²) in [5, 5.41) is 19.0. The molecule has 0 saturated carbocycles. The van der Waals surface area contributed by atoms with E-state index in [1.54, 1.807) is 12.1 Å². The Morgan fingerprint density at radius 3 is 2.79 bits per heavy atom. The summed E-state index contributed by atoms with van der Waals surface area (Å²) in [6, 6.07) is 9.51. The first-order valence-electron chi connectivity index (χ1n) is 5.23. The van der Waals surface area contributed by atoms with Crippen LogP contribution in [0.3, 0.4) is 0 Å². The lowest BCUT2D eigenvalue weighted by Crippen LogP contribution is -2.05. The van der Waals surface area contributed by atoms with Gasteiger partial charge in [0.2, 0.25) is 0 Å². The highest BCUT2D eigenvalue weighted by Gasteiger charge is 2.11. The number of hydrogen-bond acceptors (Lipinski definition) is 5. The Balaban J connectivity index is 2.31. The van der Waals surface area contributed by atoms with Crippen molar-refractivity contribution < 1.29 is 13.5 Å². The van der Waals surface area contributed by atoms with Crippen molar-refractivity contribution in [3.05, 3.63) is 42.1 Å². The van der Waals surface area contributed by atoms with E-state index in [2.05, 4.69) is 20.3 Å². The van der Waals surface area contributed by atoms with Crippen LogP contribution >= 0.6 is 0 Å². The van der Waals surface area contributed by atoms with Gasteiger partial charge in [0.15, 0.2) is 5.82 Å². The number of nitrogens with one attached hydrogen (secondary N) is 1. The molecule has 0 saturated heterocycles. The maximum absolute atomic E-state index is 12.3. The standard InChI is InChI=1S/C12H8F2N4O/c13-12(14)19-10-4-2-1-3-9(10)17-11-8(7-15)5-6-16-18-11/h1-6,12H,(H,17,18). The van der Waals surface area contributed by atoms with Gasteiger partial charge in [-0.05, 0) is 18.2 Å². The molecule has 0 aliphatic rings. The molecule has 1 N–H and O–H groups in total. The molecule has 0 aliphatic heterocycles. The summed E-state index contributed by atoms with van der Waals surface area (Å²) >= 11 is 0. The number of nitriles is 1. The van der Waals surface area contributed by atoms with Crippen LogP contribution in [0, 0.1) is 11.3 Å². The quantitative estimate of drug-likeness (QED) is 0.917. The Labute approximate surface area is 107 Å². The predicted molar refractivity (Wildman–Crippen MR) is 63.1 cm³/mol. The van der Waals surface area contributed by atoms with Gasteiger partial charge in [-0.3, -0.25) is 0 Å². The second-order valence-electron chi connectivity index (χ2n) is 3.40. The molecule has 1 aromatic heterocycles. The highest BCUT2D eigenvalue weighted by atomic mass is 19.3. The number of para-hydroxylation sites is 2. The lowest BCUT2D eigenvalue weighted by Gasteiger charge is -2.11. The normalized spacial score (nSPS) is 10.0. The third-order valence-corrected chi connectivity index (χ3v) is 2.20. The second kappa shape index (κ2) is 5.73. The summed E-state index contributed by atoms with van der Waals surface area (Å²) in [6.07, 6.45) is 1.37. The number of aromatic nitrogens is 2. The van der Waals surface area contributed by atoms with Crippen molar-refractivity contribution >= 4 is 11.5 Å². The largest absolute Gasteiger partial charge is 0.433 e. The van der Waals surface area contributed by atoms with E-state index >= 15 is 0 Å². The van der Waals surface area contributed by atoms with Crippen LogP contribution in [0.2, 0.25) is 0 Å². The number of nitrogens with zero attached hydrogens (tertiary/aromatic N) is 3. The van der Waals surface area contributed by atoms with Gasteiger partial charge in [-0.1, -0.05) is 12.1 Å². The molecule has 19 heavy (non-hydrogen) atoms. The molecule has 1 aromatic carbocycles. The minimum atomic E-state index is -2.93. The fourth-order valence-corrected chi connectivity index (χ4v) is 1.41. The maximum atomic E-state index is 12.3. The second-order valence-corrected chi connectivity index (χ2v) is 3.40. The van der Waals surface area contributed by atoms with Crippen LogP contribution in [0.25, 0.3) is 0 Å². The van der Waals surface area contributed by atoms with Crippen LogP contribution < -0.4 is 10.1 Å². The Kier molecular flexibility index (Phi) is 3.83. The number of alkyl halides is 2. The van der Waals surface area contributed by atoms with Crippen molar-refractivity contribution in [2.24, 2.45) is 0 Å². The molecule has 0 atom stereocenters. The molecule has 0 amide bonds. The summed E-state index contributed by atoms with van der Waals surface area (Å²) in [5.74, 6) is 0.141. The van der Waals surface area contributed by atoms with Gasteiger partial charge in [-0.25, -0.2) is 0 Å². The van der Waals surface area contributed by atoms with Crippen LogP contribution in [0.5, 0.6) is 5.75 Å². The lowest BCUT2D eigenvalue weighted by molar-refractivity contribution is -0.0493. The summed E-state index contributed by atoms with van der Waals surface area (Å²) in [5.41, 5.74) is 0.529. The third kappa shape index (κ3) is 3.13. The number of halogens is 2. The zero-order valence-corrected chi connectivity index (χ0v) is 9.55. The number of anilines is 2. The molecule has 0 unspecified atom stereocenters. The van der Waals surface area contributed by atoms with Crippen molar-refractivity contribution in [2.75, 3.05) is 5.32 Å². The Bertz CT molecular complexity index is 613. The lowest BCUT2D eigenvalue weighted by atomic mass is 10.2. The van der Waals surface area contributed by atoms with Crippen molar-refractivity contribution in [2.45, 2.75) is 6.61 Å². The van der Waals surface area contributed by atoms with Gasteiger partial charge in [-0.15, -0.1) is 5.10 Å². The molecule has 0 fully saturated rings. The SMILES string of the molecule is N#Cc1ccnnc1Nc1ccccc1OC(F)F. The van der Waals surface area contributed by atoms with E-state index in [0.29, 0.717) is 0 Å². The molecule has 0 bridgehead atoms. The summed E-state index contributed by atoms with van der Waals surface area (Å²) < 4.78 is 28.9. The summed E-state index contributed by atoms with van der Waals surface area (Å²) in [6.45, 7) is -2.93. The van der Waals surface area contributed by atoms with Gasteiger partial charge < -0.3 is 10.1 Å². The van der Waals surface area contributed by atoms with E-state index in [0.717, 1.165) is 0 Å². The molecule has 0 spiro atoms. The van der Waals surface area contributed by atoms with Crippen LogP contribution in [0.4, 0.5) is 20.3 Å². The summed E-state index contributed by atoms with van der Waals surface area (Å²) in [7, 11) is 0. The van der Waals surface area contributed by atoms with Crippen molar-refractivity contribution in [1.82, 2.24) is 10.2 Å². The molecule has 7 heteroatoms. The van der Waals surface area contributed by atoms with E-state index in [1.807, 2.05) is 6.07 Å². The van der Waals surface area contributed by atoms with E-state index in [1.165, 1.54) is 24.4 Å². The third-order valence-electron chi connectivity index (χ3n) is 2.20. The van der Waals surface area contributed by atoms with Crippen LogP contribution in [-0.4, -0.2) is 16.8 Å². The van der Waals surface area contributed by atoms with E-state index in [-0.39, 0.29) is 22.8 Å². The zero-order chi connectivity index (χ0) is 13.7. The van der Waals surface area contributed by atoms with E-state index < -0.39 is 6.61 Å². The molecular weight excluding hydrogens is 254 g/mol. The fraction of sp³-hybridized carbons (Fsp3) is 0.0833. The molecule has 2 rings (SSSR count). The molecule has 0 aliphatic carbocycles. The minimum Gasteiger partial charge on any atom is -0.433 e. The van der Waals surface area contributed by atoms with Gasteiger partial charge in [0.05, 0.1) is 17.4 Å². The van der Waals surface area contributed by atoms with Gasteiger partial charge in [0, 0.05) is 0 Å². The first kappa shape index (κ1) is 12.7. The summed E-state index contributed by atoms with van der Waals surface area (Å²) in [4.78, 5) is 0. The minimum absolute atomic E-state index is 0.0351. The average Bonchev–Trinajstić information content (AvgIpc) is 2.41. The fourth-order valence-electron chi connectivity index (χ4n) is 1.41. The van der Waals surface area contributed by atoms with Gasteiger partial charge >= 0.3 is 6.61 Å². The van der Waals surface area contributed by atoms with Crippen LogP contribution in [-0.2, 0) is 0 Å². The van der Waals surface area contributed by atoms with E-state index in [4.69, 9.17) is 5.26 Å². The Morgan fingerprint density at radius 1 is 1.26 bits per heavy atom. The van der Waals surface area contributed by atoms with Crippen LogP contribution in [0.1, 0.15) is 5.56 Å². The smallest absolute Gasteiger partial charge is 0.387 e. The van der Waals surface area contributed by atoms with Gasteiger partial charge in [0.1, 0.15) is 11.8 Å². The van der Waals surface area contributed by atoms with Crippen molar-refractivity contribution in [3.63, 3.8) is 0 Å². The maximum Gasteiger partial charge on any atom is 0.387 e. The molecule has 1 heterocycles. The highest BCUT2D eigenvalue weighted by Crippen LogP contribution is 2.28. The van der Waals surface area contributed by atoms with Crippen molar-refractivity contribution in [1.29, 1.82) is 5.26 Å². The average molecular weight is 262 g/mol. The number of hydrogen-bond donors (Lipinski definition) is 1. The molecule has 96 valence electrons. The highest BCUT2D eigenvalue weighted by molar-refractivity contribution is 5.67. The molecular formula is C12H8F2N4O. The number of ether oxygens (including phenoxy) is 1. The molecule has 2 aromatic rings. The van der Waals surface area contributed by atoms with Gasteiger partial charge in [0.25, 0.3) is 0 Å². The first-order chi connectivity index (χ1) is 9.20. The Hall–Kier alpha value is -2.75. The van der Waals surface area contributed by atoms with Gasteiger partial charge in [-0.2, -0.15) is 19.1 Å². The van der Waals surface area contributed by atoms with Crippen LogP contribution in [0.15, 0.2) is 36.5 Å². The monoisotopic (exact) mass is 262 g/mol. The predicted octanol–water partition coefficient (Wildman–Crippen LogP) is 2.69.